The molecule has 0 aliphatic carbocycles. The van der Waals surface area contributed by atoms with E-state index in [9.17, 15) is 14.4 Å². The van der Waals surface area contributed by atoms with E-state index in [1.165, 1.54) is 7.05 Å². The molecule has 3 aromatic carbocycles. The fourth-order valence-corrected chi connectivity index (χ4v) is 2.69. The maximum absolute atomic E-state index is 12.5. The second-order valence-electron chi connectivity index (χ2n) is 5.95. The van der Waals surface area contributed by atoms with Gasteiger partial charge in [-0.15, -0.1) is 0 Å². The second-order valence-corrected chi connectivity index (χ2v) is 5.95. The normalized spacial score (nSPS) is 10.1. The lowest BCUT2D eigenvalue weighted by molar-refractivity contribution is 0.0635. The summed E-state index contributed by atoms with van der Waals surface area (Å²) in [4.78, 5) is 36.0. The zero-order valence-electron chi connectivity index (χ0n) is 14.8. The Morgan fingerprint density at radius 2 is 1.41 bits per heavy atom. The maximum Gasteiger partial charge on any atom is 0.272 e. The molecule has 0 radical (unpaired) electrons. The number of hydrogen-bond donors (Lipinski definition) is 1. The third-order valence-electron chi connectivity index (χ3n) is 4.15. The van der Waals surface area contributed by atoms with E-state index in [0.717, 1.165) is 16.1 Å². The van der Waals surface area contributed by atoms with Crippen molar-refractivity contribution in [1.29, 1.82) is 0 Å². The minimum atomic E-state index is -0.466. The number of amides is 2. The van der Waals surface area contributed by atoms with Crippen LogP contribution in [-0.4, -0.2) is 30.2 Å². The Kier molecular flexibility index (Phi) is 5.42. The molecule has 0 fully saturated rings. The molecule has 0 atom stereocenters. The molecule has 27 heavy (non-hydrogen) atoms. The number of carbonyl (C=O) groups excluding carboxylic acids is 3. The number of aldehydes is 1. The standard InChI is InChI=1S/C22H18N2O3/c1-24(22(27)20-10-6-5-9-19(20)15-25)23-21(26)18-13-11-17(12-14-18)16-7-3-2-4-8-16/h2-15H,1H3,(H,23,26). The van der Waals surface area contributed by atoms with E-state index in [2.05, 4.69) is 5.43 Å². The second kappa shape index (κ2) is 8.10. The fourth-order valence-electron chi connectivity index (χ4n) is 2.69. The van der Waals surface area contributed by atoms with Gasteiger partial charge in [-0.3, -0.25) is 24.8 Å². The first-order valence-electron chi connectivity index (χ1n) is 8.39. The number of nitrogens with one attached hydrogen (secondary N) is 1. The van der Waals surface area contributed by atoms with Gasteiger partial charge < -0.3 is 0 Å². The molecular weight excluding hydrogens is 340 g/mol. The van der Waals surface area contributed by atoms with Crippen LogP contribution in [0, 0.1) is 0 Å². The fraction of sp³-hybridized carbons (Fsp3) is 0.0455. The van der Waals surface area contributed by atoms with E-state index >= 15 is 0 Å². The molecule has 3 rings (SSSR count). The van der Waals surface area contributed by atoms with Crippen LogP contribution in [0.4, 0.5) is 0 Å². The molecule has 0 aromatic heterocycles. The van der Waals surface area contributed by atoms with Crippen molar-refractivity contribution in [3.8, 4) is 11.1 Å². The van der Waals surface area contributed by atoms with Crippen molar-refractivity contribution in [1.82, 2.24) is 10.4 Å². The lowest BCUT2D eigenvalue weighted by Crippen LogP contribution is -2.43. The van der Waals surface area contributed by atoms with E-state index in [4.69, 9.17) is 0 Å². The predicted octanol–water partition coefficient (Wildman–Crippen LogP) is 3.58. The number of hydrazine groups is 1. The van der Waals surface area contributed by atoms with Crippen molar-refractivity contribution >= 4 is 18.1 Å². The van der Waals surface area contributed by atoms with Crippen molar-refractivity contribution < 1.29 is 14.4 Å². The Labute approximate surface area is 157 Å². The van der Waals surface area contributed by atoms with Crippen LogP contribution in [0.1, 0.15) is 31.1 Å². The van der Waals surface area contributed by atoms with Gasteiger partial charge >= 0.3 is 0 Å². The number of rotatable bonds is 4. The Morgan fingerprint density at radius 3 is 2.07 bits per heavy atom. The summed E-state index contributed by atoms with van der Waals surface area (Å²) in [7, 11) is 1.44. The minimum absolute atomic E-state index is 0.231. The van der Waals surface area contributed by atoms with Crippen LogP contribution >= 0.6 is 0 Å². The Bertz CT molecular complexity index is 966. The van der Waals surface area contributed by atoms with Crippen molar-refractivity contribution in [2.45, 2.75) is 0 Å². The molecule has 5 nitrogen and oxygen atoms in total. The van der Waals surface area contributed by atoms with Crippen molar-refractivity contribution in [2.24, 2.45) is 0 Å². The van der Waals surface area contributed by atoms with E-state index in [1.54, 1.807) is 36.4 Å². The molecule has 5 heteroatoms. The summed E-state index contributed by atoms with van der Waals surface area (Å²) < 4.78 is 0. The largest absolute Gasteiger partial charge is 0.298 e. The first-order chi connectivity index (χ1) is 13.1. The van der Waals surface area contributed by atoms with Crippen molar-refractivity contribution in [3.63, 3.8) is 0 Å². The van der Waals surface area contributed by atoms with Crippen LogP contribution in [0.15, 0.2) is 78.9 Å². The van der Waals surface area contributed by atoms with Crippen molar-refractivity contribution in [3.05, 3.63) is 95.6 Å². The van der Waals surface area contributed by atoms with Gasteiger partial charge in [0.05, 0.1) is 5.56 Å². The molecule has 0 spiro atoms. The molecule has 0 unspecified atom stereocenters. The summed E-state index contributed by atoms with van der Waals surface area (Å²) in [6, 6.07) is 23.4. The summed E-state index contributed by atoms with van der Waals surface area (Å²) >= 11 is 0. The van der Waals surface area contributed by atoms with Crippen LogP contribution in [-0.2, 0) is 0 Å². The smallest absolute Gasteiger partial charge is 0.272 e. The van der Waals surface area contributed by atoms with Crippen LogP contribution < -0.4 is 5.43 Å². The number of hydrogen-bond acceptors (Lipinski definition) is 3. The van der Waals surface area contributed by atoms with E-state index in [0.29, 0.717) is 11.8 Å². The van der Waals surface area contributed by atoms with Crippen LogP contribution in [0.3, 0.4) is 0 Å². The average Bonchev–Trinajstić information content (AvgIpc) is 2.73. The summed E-state index contributed by atoms with van der Waals surface area (Å²) in [6.45, 7) is 0. The summed E-state index contributed by atoms with van der Waals surface area (Å²) in [5.41, 5.74) is 5.52. The molecule has 0 aliphatic heterocycles. The number of nitrogens with zero attached hydrogens (tertiary/aromatic N) is 1. The Hall–Kier alpha value is -3.73. The molecule has 2 amide bonds. The number of carbonyl (C=O) groups is 3. The van der Waals surface area contributed by atoms with Crippen LogP contribution in [0.2, 0.25) is 0 Å². The van der Waals surface area contributed by atoms with E-state index in [-0.39, 0.29) is 11.1 Å². The topological polar surface area (TPSA) is 66.5 Å². The predicted molar refractivity (Wildman–Crippen MR) is 103 cm³/mol. The van der Waals surface area contributed by atoms with Gasteiger partial charge in [-0.25, -0.2) is 0 Å². The molecular formula is C22H18N2O3. The molecule has 0 heterocycles. The van der Waals surface area contributed by atoms with E-state index < -0.39 is 11.8 Å². The molecule has 134 valence electrons. The van der Waals surface area contributed by atoms with Gasteiger partial charge in [0, 0.05) is 18.2 Å². The highest BCUT2D eigenvalue weighted by Crippen LogP contribution is 2.19. The van der Waals surface area contributed by atoms with Gasteiger partial charge in [-0.1, -0.05) is 60.7 Å². The summed E-state index contributed by atoms with van der Waals surface area (Å²) in [5.74, 6) is -0.874. The molecule has 0 aliphatic rings. The first kappa shape index (κ1) is 18.1. The molecule has 0 saturated heterocycles. The van der Waals surface area contributed by atoms with Gasteiger partial charge in [0.2, 0.25) is 0 Å². The zero-order chi connectivity index (χ0) is 19.2. The highest BCUT2D eigenvalue weighted by atomic mass is 16.2. The maximum atomic E-state index is 12.5. The average molecular weight is 358 g/mol. The van der Waals surface area contributed by atoms with Gasteiger partial charge in [-0.2, -0.15) is 0 Å². The third kappa shape index (κ3) is 4.10. The highest BCUT2D eigenvalue weighted by molar-refractivity contribution is 6.03. The van der Waals surface area contributed by atoms with E-state index in [1.807, 2.05) is 42.5 Å². The van der Waals surface area contributed by atoms with Crippen LogP contribution in [0.5, 0.6) is 0 Å². The molecule has 1 N–H and O–H groups in total. The minimum Gasteiger partial charge on any atom is -0.298 e. The lowest BCUT2D eigenvalue weighted by atomic mass is 10.0. The van der Waals surface area contributed by atoms with Gasteiger partial charge in [-0.05, 0) is 29.3 Å². The molecule has 0 bridgehead atoms. The number of benzene rings is 3. The zero-order valence-corrected chi connectivity index (χ0v) is 14.8. The highest BCUT2D eigenvalue weighted by Gasteiger charge is 2.17. The van der Waals surface area contributed by atoms with Crippen LogP contribution in [0.25, 0.3) is 11.1 Å². The monoisotopic (exact) mass is 358 g/mol. The summed E-state index contributed by atoms with van der Waals surface area (Å²) in [6.07, 6.45) is 0.616. The Balaban J connectivity index is 1.71. The van der Waals surface area contributed by atoms with Gasteiger partial charge in [0.1, 0.15) is 0 Å². The molecule has 0 saturated carbocycles. The third-order valence-corrected chi connectivity index (χ3v) is 4.15. The SMILES string of the molecule is CN(NC(=O)c1ccc(-c2ccccc2)cc1)C(=O)c1ccccc1C=O. The summed E-state index contributed by atoms with van der Waals surface area (Å²) in [5, 5.41) is 1.08. The molecule has 3 aromatic rings. The van der Waals surface area contributed by atoms with Gasteiger partial charge in [0.25, 0.3) is 11.8 Å². The first-order valence-corrected chi connectivity index (χ1v) is 8.39. The lowest BCUT2D eigenvalue weighted by Gasteiger charge is -2.19. The van der Waals surface area contributed by atoms with Crippen molar-refractivity contribution in [2.75, 3.05) is 7.05 Å². The Morgan fingerprint density at radius 1 is 0.815 bits per heavy atom. The quantitative estimate of drug-likeness (QED) is 0.573. The van der Waals surface area contributed by atoms with Gasteiger partial charge in [0.15, 0.2) is 6.29 Å².